The first-order chi connectivity index (χ1) is 15.0. The number of thiophene rings is 1. The molecule has 0 fully saturated rings. The average Bonchev–Trinajstić information content (AvgIpc) is 3.17. The zero-order valence-corrected chi connectivity index (χ0v) is 18.0. The molecule has 0 saturated carbocycles. The number of ether oxygens (including phenoxy) is 3. The van der Waals surface area contributed by atoms with Gasteiger partial charge in [-0.3, -0.25) is 4.79 Å². The summed E-state index contributed by atoms with van der Waals surface area (Å²) in [5, 5.41) is 12.8. The molecule has 1 atom stereocenters. The predicted molar refractivity (Wildman–Crippen MR) is 118 cm³/mol. The summed E-state index contributed by atoms with van der Waals surface area (Å²) in [6.45, 7) is 0. The zero-order chi connectivity index (χ0) is 22.1. The third kappa shape index (κ3) is 3.48. The van der Waals surface area contributed by atoms with Crippen molar-refractivity contribution in [1.29, 1.82) is 0 Å². The summed E-state index contributed by atoms with van der Waals surface area (Å²) in [5.74, 6) is -0.232. The maximum absolute atomic E-state index is 12.7. The lowest BCUT2D eigenvalue weighted by Gasteiger charge is -2.26. The van der Waals surface area contributed by atoms with E-state index in [9.17, 15) is 14.7 Å². The number of amides is 1. The van der Waals surface area contributed by atoms with Gasteiger partial charge in [-0.15, -0.1) is 11.3 Å². The van der Waals surface area contributed by atoms with E-state index in [-0.39, 0.29) is 23.1 Å². The molecule has 0 aliphatic carbocycles. The molecule has 2 heterocycles. The average molecular weight is 439 g/mol. The van der Waals surface area contributed by atoms with Crippen LogP contribution in [0.2, 0.25) is 0 Å². The van der Waals surface area contributed by atoms with Crippen LogP contribution in [0, 0.1) is 0 Å². The van der Waals surface area contributed by atoms with E-state index in [0.717, 1.165) is 16.0 Å². The quantitative estimate of drug-likeness (QED) is 0.582. The molecule has 0 radical (unpaired) electrons. The van der Waals surface area contributed by atoms with Crippen molar-refractivity contribution >= 4 is 28.9 Å². The molecule has 2 N–H and O–H groups in total. The van der Waals surface area contributed by atoms with Gasteiger partial charge in [0.05, 0.1) is 27.0 Å². The Kier molecular flexibility index (Phi) is 5.56. The Bertz CT molecular complexity index is 1150. The summed E-state index contributed by atoms with van der Waals surface area (Å²) in [6, 6.07) is 12.8. The van der Waals surface area contributed by atoms with Crippen molar-refractivity contribution in [2.24, 2.45) is 0 Å². The van der Waals surface area contributed by atoms with Gasteiger partial charge >= 0.3 is 5.97 Å². The van der Waals surface area contributed by atoms with Gasteiger partial charge in [0.15, 0.2) is 11.5 Å². The molecular formula is C23H21NO6S. The van der Waals surface area contributed by atoms with Gasteiger partial charge in [-0.05, 0) is 11.6 Å². The standard InChI is InChI=1S/C23H21NO6S/c1-28-15-10-9-13(19(29-2)20(15)30-3)14-11-16(25)24-18-17(12-7-5-4-6-8-12)22(23(26)27)31-21(14)18/h4-10,14H,11H2,1-3H3,(H,24,25)(H,26,27). The molecule has 0 saturated heterocycles. The van der Waals surface area contributed by atoms with Crippen molar-refractivity contribution in [2.45, 2.75) is 12.3 Å². The molecule has 2 aromatic carbocycles. The summed E-state index contributed by atoms with van der Waals surface area (Å²) >= 11 is 1.17. The summed E-state index contributed by atoms with van der Waals surface area (Å²) < 4.78 is 16.5. The highest BCUT2D eigenvalue weighted by Crippen LogP contribution is 2.53. The van der Waals surface area contributed by atoms with Crippen molar-refractivity contribution in [3.05, 3.63) is 57.8 Å². The van der Waals surface area contributed by atoms with Crippen LogP contribution in [0.4, 0.5) is 5.69 Å². The van der Waals surface area contributed by atoms with Crippen molar-refractivity contribution < 1.29 is 28.9 Å². The third-order valence-corrected chi connectivity index (χ3v) is 6.56. The van der Waals surface area contributed by atoms with Crippen LogP contribution in [-0.2, 0) is 4.79 Å². The Morgan fingerprint density at radius 2 is 1.74 bits per heavy atom. The molecule has 1 amide bonds. The van der Waals surface area contributed by atoms with Gasteiger partial charge in [0.25, 0.3) is 0 Å². The number of methoxy groups -OCH3 is 3. The fourth-order valence-corrected chi connectivity index (χ4v) is 5.20. The van der Waals surface area contributed by atoms with Crippen LogP contribution in [0.15, 0.2) is 42.5 Å². The van der Waals surface area contributed by atoms with E-state index in [1.54, 1.807) is 6.07 Å². The lowest BCUT2D eigenvalue weighted by Crippen LogP contribution is -2.23. The predicted octanol–water partition coefficient (Wildman–Crippen LogP) is 4.61. The SMILES string of the molecule is COc1ccc(C2CC(=O)Nc3c2sc(C(=O)O)c3-c2ccccc2)c(OC)c1OC. The highest BCUT2D eigenvalue weighted by atomic mass is 32.1. The number of nitrogens with one attached hydrogen (secondary N) is 1. The Balaban J connectivity index is 1.96. The van der Waals surface area contributed by atoms with E-state index < -0.39 is 5.97 Å². The van der Waals surface area contributed by atoms with E-state index in [4.69, 9.17) is 14.2 Å². The molecule has 8 heteroatoms. The second kappa shape index (κ2) is 8.31. The molecule has 31 heavy (non-hydrogen) atoms. The van der Waals surface area contributed by atoms with Gasteiger partial charge in [-0.2, -0.15) is 0 Å². The number of rotatable bonds is 6. The smallest absolute Gasteiger partial charge is 0.346 e. The molecule has 1 aliphatic heterocycles. The maximum Gasteiger partial charge on any atom is 0.346 e. The van der Waals surface area contributed by atoms with Gasteiger partial charge in [0.2, 0.25) is 11.7 Å². The van der Waals surface area contributed by atoms with Crippen LogP contribution < -0.4 is 19.5 Å². The molecule has 3 aromatic rings. The molecular weight excluding hydrogens is 418 g/mol. The number of carboxylic acid groups (broad SMARTS) is 1. The number of hydrogen-bond acceptors (Lipinski definition) is 6. The van der Waals surface area contributed by atoms with E-state index >= 15 is 0 Å². The van der Waals surface area contributed by atoms with Gasteiger partial charge in [0, 0.05) is 28.3 Å². The van der Waals surface area contributed by atoms with Crippen molar-refractivity contribution in [3.63, 3.8) is 0 Å². The number of carboxylic acids is 1. The fourth-order valence-electron chi connectivity index (χ4n) is 3.97. The Morgan fingerprint density at radius 3 is 2.35 bits per heavy atom. The molecule has 1 aromatic heterocycles. The molecule has 1 aliphatic rings. The van der Waals surface area contributed by atoms with Crippen LogP contribution in [-0.4, -0.2) is 38.3 Å². The van der Waals surface area contributed by atoms with E-state index in [2.05, 4.69) is 5.32 Å². The summed E-state index contributed by atoms with van der Waals surface area (Å²) in [4.78, 5) is 25.7. The third-order valence-electron chi connectivity index (χ3n) is 5.27. The van der Waals surface area contributed by atoms with Gasteiger partial charge in [-0.25, -0.2) is 4.79 Å². The Labute approximate surface area is 183 Å². The molecule has 0 bridgehead atoms. The van der Waals surface area contributed by atoms with E-state index in [1.807, 2.05) is 36.4 Å². The van der Waals surface area contributed by atoms with Crippen molar-refractivity contribution in [2.75, 3.05) is 26.6 Å². The number of carbonyl (C=O) groups excluding carboxylic acids is 1. The minimum Gasteiger partial charge on any atom is -0.493 e. The maximum atomic E-state index is 12.7. The fraction of sp³-hybridized carbons (Fsp3) is 0.217. The minimum absolute atomic E-state index is 0.159. The summed E-state index contributed by atoms with van der Waals surface area (Å²) in [7, 11) is 4.58. The number of anilines is 1. The first-order valence-electron chi connectivity index (χ1n) is 9.54. The lowest BCUT2D eigenvalue weighted by molar-refractivity contribution is -0.116. The second-order valence-electron chi connectivity index (χ2n) is 6.95. The van der Waals surface area contributed by atoms with Gasteiger partial charge in [-0.1, -0.05) is 36.4 Å². The zero-order valence-electron chi connectivity index (χ0n) is 17.2. The van der Waals surface area contributed by atoms with Crippen LogP contribution in [0.3, 0.4) is 0 Å². The molecule has 1 unspecified atom stereocenters. The van der Waals surface area contributed by atoms with Crippen LogP contribution in [0.25, 0.3) is 11.1 Å². The Morgan fingerprint density at radius 1 is 1.03 bits per heavy atom. The number of benzene rings is 2. The monoisotopic (exact) mass is 439 g/mol. The van der Waals surface area contributed by atoms with Crippen LogP contribution >= 0.6 is 11.3 Å². The number of carbonyl (C=O) groups is 2. The van der Waals surface area contributed by atoms with Crippen molar-refractivity contribution in [3.8, 4) is 28.4 Å². The van der Waals surface area contributed by atoms with Gasteiger partial charge in [0.1, 0.15) is 4.88 Å². The lowest BCUT2D eigenvalue weighted by atomic mass is 9.87. The highest BCUT2D eigenvalue weighted by Gasteiger charge is 2.36. The molecule has 4 rings (SSSR count). The topological polar surface area (TPSA) is 94.1 Å². The normalized spacial score (nSPS) is 15.1. The highest BCUT2D eigenvalue weighted by molar-refractivity contribution is 7.15. The van der Waals surface area contributed by atoms with Crippen LogP contribution in [0.5, 0.6) is 17.2 Å². The first-order valence-corrected chi connectivity index (χ1v) is 10.4. The van der Waals surface area contributed by atoms with E-state index in [0.29, 0.717) is 28.5 Å². The number of fused-ring (bicyclic) bond motifs is 1. The van der Waals surface area contributed by atoms with Gasteiger partial charge < -0.3 is 24.6 Å². The first kappa shape index (κ1) is 20.7. The minimum atomic E-state index is -1.04. The molecule has 0 spiro atoms. The Hall–Kier alpha value is -3.52. The summed E-state index contributed by atoms with van der Waals surface area (Å²) in [6.07, 6.45) is 0.159. The molecule has 160 valence electrons. The summed E-state index contributed by atoms with van der Waals surface area (Å²) in [5.41, 5.74) is 2.52. The largest absolute Gasteiger partial charge is 0.493 e. The number of hydrogen-bond donors (Lipinski definition) is 2. The second-order valence-corrected chi connectivity index (χ2v) is 8.00. The number of aromatic carboxylic acids is 1. The van der Waals surface area contributed by atoms with E-state index in [1.165, 1.54) is 32.7 Å². The molecule has 7 nitrogen and oxygen atoms in total. The van der Waals surface area contributed by atoms with Crippen LogP contribution in [0.1, 0.15) is 32.5 Å². The van der Waals surface area contributed by atoms with Crippen molar-refractivity contribution in [1.82, 2.24) is 0 Å².